The van der Waals surface area contributed by atoms with Gasteiger partial charge in [-0.2, -0.15) is 0 Å². The zero-order chi connectivity index (χ0) is 27.1. The van der Waals surface area contributed by atoms with Crippen LogP contribution in [0.3, 0.4) is 0 Å². The molecule has 6 nitrogen and oxygen atoms in total. The van der Waals surface area contributed by atoms with E-state index in [1.165, 1.54) is 29.4 Å². The maximum Gasteiger partial charge on any atom is 0.573 e. The van der Waals surface area contributed by atoms with Crippen LogP contribution in [0.4, 0.5) is 18.9 Å². The van der Waals surface area contributed by atoms with Gasteiger partial charge in [-0.3, -0.25) is 4.79 Å². The van der Waals surface area contributed by atoms with Gasteiger partial charge in [-0.05, 0) is 48.9 Å². The molecule has 196 valence electrons. The molecule has 1 heterocycles. The van der Waals surface area contributed by atoms with Gasteiger partial charge in [0.2, 0.25) is 5.91 Å². The summed E-state index contributed by atoms with van der Waals surface area (Å²) in [7, 11) is 0.146. The first-order valence-corrected chi connectivity index (χ1v) is 15.3. The number of hydrogen-bond donors (Lipinski definition) is 1. The lowest BCUT2D eigenvalue weighted by atomic mass is 10.1. The maximum absolute atomic E-state index is 12.8. The monoisotopic (exact) mass is 652 g/mol. The highest BCUT2D eigenvalue weighted by atomic mass is 127. The second-order valence-corrected chi connectivity index (χ2v) is 12.9. The standard InChI is InChI=1S/C27H21F3IN3O3S/c1-2-38(31)23-9-6-18(7-10-23)12-26(35)34-20-8-11-24(19-15-32-17-33-16-19)25(13-20)36-21-4-3-5-22(14-21)37-27(28,29)30/h3-11,13-17H,2,12H2,1H3/p+1. The predicted molar refractivity (Wildman–Crippen MR) is 150 cm³/mol. The minimum Gasteiger partial charge on any atom is -0.457 e. The van der Waals surface area contributed by atoms with E-state index in [1.807, 2.05) is 24.3 Å². The van der Waals surface area contributed by atoms with Crippen LogP contribution < -0.4 is 14.8 Å². The van der Waals surface area contributed by atoms with Crippen molar-refractivity contribution in [2.24, 2.45) is 0 Å². The molecule has 0 aliphatic carbocycles. The summed E-state index contributed by atoms with van der Waals surface area (Å²) in [6.45, 7) is 2.14. The van der Waals surface area contributed by atoms with Crippen molar-refractivity contribution >= 4 is 40.9 Å². The second kappa shape index (κ2) is 12.5. The fourth-order valence-electron chi connectivity index (χ4n) is 3.54. The lowest BCUT2D eigenvalue weighted by Crippen LogP contribution is -2.17. The average molecular weight is 652 g/mol. The minimum absolute atomic E-state index is 0.120. The Balaban J connectivity index is 1.55. The Morgan fingerprint density at radius 2 is 1.71 bits per heavy atom. The van der Waals surface area contributed by atoms with E-state index < -0.39 is 12.1 Å². The SMILES string of the molecule is CC[S+](I)c1ccc(CC(=O)Nc2ccc(-c3cncnc3)c(Oc3cccc(OC(F)(F)F)c3)c2)cc1. The fourth-order valence-corrected chi connectivity index (χ4v) is 5.18. The van der Waals surface area contributed by atoms with Gasteiger partial charge in [-0.1, -0.05) is 18.2 Å². The molecule has 0 saturated heterocycles. The Hall–Kier alpha value is -3.32. The van der Waals surface area contributed by atoms with Crippen molar-refractivity contribution < 1.29 is 27.4 Å². The summed E-state index contributed by atoms with van der Waals surface area (Å²) in [5, 5.41) is 2.86. The molecule has 0 bridgehead atoms. The number of alkyl halides is 3. The molecule has 4 aromatic rings. The van der Waals surface area contributed by atoms with Gasteiger partial charge in [0.1, 0.15) is 29.3 Å². The minimum atomic E-state index is -4.83. The van der Waals surface area contributed by atoms with E-state index in [9.17, 15) is 18.0 Å². The Morgan fingerprint density at radius 3 is 2.39 bits per heavy atom. The first-order chi connectivity index (χ1) is 18.2. The van der Waals surface area contributed by atoms with Crippen LogP contribution in [0, 0.1) is 0 Å². The third-order valence-electron chi connectivity index (χ3n) is 5.20. The molecule has 0 saturated carbocycles. The number of halogens is 4. The molecule has 4 rings (SSSR count). The third-order valence-corrected chi connectivity index (χ3v) is 9.89. The summed E-state index contributed by atoms with van der Waals surface area (Å²) >= 11 is 2.42. The zero-order valence-electron chi connectivity index (χ0n) is 20.0. The number of nitrogens with zero attached hydrogens (tertiary/aromatic N) is 2. The maximum atomic E-state index is 12.8. The van der Waals surface area contributed by atoms with Crippen LogP contribution in [-0.2, 0) is 19.3 Å². The molecule has 3 aromatic carbocycles. The van der Waals surface area contributed by atoms with E-state index in [2.05, 4.69) is 48.2 Å². The lowest BCUT2D eigenvalue weighted by molar-refractivity contribution is -0.274. The van der Waals surface area contributed by atoms with E-state index in [0.717, 1.165) is 17.4 Å². The molecule has 1 amide bonds. The number of anilines is 1. The average Bonchev–Trinajstić information content (AvgIpc) is 2.88. The van der Waals surface area contributed by atoms with Crippen molar-refractivity contribution in [1.82, 2.24) is 9.97 Å². The molecule has 0 radical (unpaired) electrons. The van der Waals surface area contributed by atoms with E-state index in [1.54, 1.807) is 30.6 Å². The van der Waals surface area contributed by atoms with Crippen molar-refractivity contribution in [1.29, 1.82) is 0 Å². The number of benzene rings is 3. The largest absolute Gasteiger partial charge is 0.573 e. The number of carbonyl (C=O) groups is 1. The highest BCUT2D eigenvalue weighted by molar-refractivity contribution is 14.2. The molecule has 0 aliphatic rings. The van der Waals surface area contributed by atoms with Crippen LogP contribution in [0.15, 0.2) is 90.3 Å². The van der Waals surface area contributed by atoms with Crippen LogP contribution in [0.1, 0.15) is 12.5 Å². The Bertz CT molecular complexity index is 1390. The van der Waals surface area contributed by atoms with Crippen LogP contribution in [0.5, 0.6) is 17.2 Å². The molecule has 38 heavy (non-hydrogen) atoms. The molecule has 1 N–H and O–H groups in total. The van der Waals surface area contributed by atoms with Crippen LogP contribution in [-0.4, -0.2) is 28.0 Å². The van der Waals surface area contributed by atoms with Crippen LogP contribution in [0.25, 0.3) is 11.1 Å². The van der Waals surface area contributed by atoms with Crippen molar-refractivity contribution in [3.05, 3.63) is 91.0 Å². The van der Waals surface area contributed by atoms with E-state index >= 15 is 0 Å². The number of hydrogen-bond acceptors (Lipinski definition) is 5. The van der Waals surface area contributed by atoms with Gasteiger partial charge >= 0.3 is 6.36 Å². The first-order valence-electron chi connectivity index (χ1n) is 11.4. The Labute approximate surface area is 232 Å². The van der Waals surface area contributed by atoms with Crippen LogP contribution in [0.2, 0.25) is 0 Å². The van der Waals surface area contributed by atoms with E-state index in [-0.39, 0.29) is 26.1 Å². The normalized spacial score (nSPS) is 12.0. The molecule has 0 fully saturated rings. The highest BCUT2D eigenvalue weighted by Crippen LogP contribution is 2.36. The Kier molecular flexibility index (Phi) is 9.10. The number of amides is 1. The van der Waals surface area contributed by atoms with Crippen molar-refractivity contribution in [2.45, 2.75) is 24.6 Å². The van der Waals surface area contributed by atoms with Gasteiger partial charge < -0.3 is 14.8 Å². The fraction of sp³-hybridized carbons (Fsp3) is 0.148. The zero-order valence-corrected chi connectivity index (χ0v) is 23.0. The highest BCUT2D eigenvalue weighted by Gasteiger charge is 2.31. The summed E-state index contributed by atoms with van der Waals surface area (Å²) in [6, 6.07) is 18.2. The summed E-state index contributed by atoms with van der Waals surface area (Å²) in [4.78, 5) is 22.0. The van der Waals surface area contributed by atoms with Crippen molar-refractivity contribution in [3.8, 4) is 28.4 Å². The Morgan fingerprint density at radius 1 is 1.00 bits per heavy atom. The number of ether oxygens (including phenoxy) is 2. The van der Waals surface area contributed by atoms with Crippen LogP contribution >= 0.6 is 21.2 Å². The predicted octanol–water partition coefficient (Wildman–Crippen LogP) is 7.36. The molecule has 1 atom stereocenters. The van der Waals surface area contributed by atoms with Gasteiger partial charge in [0.25, 0.3) is 21.2 Å². The third kappa shape index (κ3) is 7.84. The van der Waals surface area contributed by atoms with E-state index in [4.69, 9.17) is 4.74 Å². The number of carbonyl (C=O) groups excluding carboxylic acids is 1. The molecule has 1 unspecified atom stereocenters. The lowest BCUT2D eigenvalue weighted by Gasteiger charge is -2.15. The molecular weight excluding hydrogens is 630 g/mol. The van der Waals surface area contributed by atoms with Gasteiger partial charge in [0.15, 0.2) is 4.90 Å². The number of rotatable bonds is 9. The quantitative estimate of drug-likeness (QED) is 0.151. The van der Waals surface area contributed by atoms with Crippen molar-refractivity contribution in [3.63, 3.8) is 0 Å². The molecule has 0 aliphatic heterocycles. The van der Waals surface area contributed by atoms with Gasteiger partial charge in [0.05, 0.1) is 14.5 Å². The second-order valence-electron chi connectivity index (χ2n) is 7.95. The molecule has 11 heteroatoms. The first kappa shape index (κ1) is 27.7. The van der Waals surface area contributed by atoms with Gasteiger partial charge in [-0.25, -0.2) is 9.97 Å². The summed E-state index contributed by atoms with van der Waals surface area (Å²) < 4.78 is 48.0. The summed E-state index contributed by atoms with van der Waals surface area (Å²) in [5.74, 6) is 0.831. The summed E-state index contributed by atoms with van der Waals surface area (Å²) in [5.41, 5.74) is 2.56. The smallest absolute Gasteiger partial charge is 0.457 e. The topological polar surface area (TPSA) is 73.3 Å². The van der Waals surface area contributed by atoms with E-state index in [0.29, 0.717) is 22.6 Å². The number of nitrogens with one attached hydrogen (secondary N) is 1. The molecule has 0 spiro atoms. The van der Waals surface area contributed by atoms with Gasteiger partial charge in [-0.15, -0.1) is 13.2 Å². The van der Waals surface area contributed by atoms with Gasteiger partial charge in [0, 0.05) is 41.3 Å². The molecule has 1 aromatic heterocycles. The number of aromatic nitrogens is 2. The van der Waals surface area contributed by atoms with Crippen molar-refractivity contribution in [2.75, 3.05) is 11.1 Å². The summed E-state index contributed by atoms with van der Waals surface area (Å²) in [6.07, 6.45) is -0.0991. The molecular formula is C27H22F3IN3O3S+.